The number of fused-ring (bicyclic) bond motifs is 1. The number of carbonyl (C=O) groups is 1. The summed E-state index contributed by atoms with van der Waals surface area (Å²) >= 11 is 9.71. The quantitative estimate of drug-likeness (QED) is 0.352. The zero-order chi connectivity index (χ0) is 23.6. The van der Waals surface area contributed by atoms with E-state index in [2.05, 4.69) is 30.8 Å². The third kappa shape index (κ3) is 5.19. The molecule has 3 rings (SSSR count). The number of methoxy groups -OCH3 is 1. The highest BCUT2D eigenvalue weighted by Crippen LogP contribution is 2.27. The van der Waals surface area contributed by atoms with Gasteiger partial charge in [-0.25, -0.2) is 9.78 Å². The van der Waals surface area contributed by atoms with Crippen molar-refractivity contribution >= 4 is 50.6 Å². The van der Waals surface area contributed by atoms with Gasteiger partial charge in [0.05, 0.1) is 29.2 Å². The van der Waals surface area contributed by atoms with Crippen LogP contribution in [0.5, 0.6) is 5.75 Å². The second kappa shape index (κ2) is 9.42. The number of hydrogen-bond donors (Lipinski definition) is 0. The Morgan fingerprint density at radius 2 is 1.97 bits per heavy atom. The lowest BCUT2D eigenvalue weighted by Crippen LogP contribution is -2.29. The van der Waals surface area contributed by atoms with Crippen molar-refractivity contribution in [2.75, 3.05) is 7.11 Å². The second-order valence-corrected chi connectivity index (χ2v) is 9.50. The highest BCUT2D eigenvalue weighted by atomic mass is 79.9. The van der Waals surface area contributed by atoms with Gasteiger partial charge in [0.15, 0.2) is 6.10 Å². The first-order valence-electron chi connectivity index (χ1n) is 9.82. The Labute approximate surface area is 199 Å². The minimum atomic E-state index is -0.798. The van der Waals surface area contributed by atoms with Gasteiger partial charge in [-0.2, -0.15) is 9.78 Å². The molecule has 0 spiro atoms. The van der Waals surface area contributed by atoms with Crippen LogP contribution in [0, 0.1) is 0 Å². The third-order valence-corrected chi connectivity index (χ3v) is 5.38. The average molecular weight is 521 g/mol. The SMILES string of the molecule is COC(=O)[C@H](C)Oc1ccc(C=Nn2c(C(C)(C)C)nc3ccc(Br)cc3c2=O)cc1Cl. The van der Waals surface area contributed by atoms with Crippen molar-refractivity contribution in [1.29, 1.82) is 0 Å². The standard InChI is InChI=1S/C23H23BrClN3O4/c1-13(21(30)31-5)32-19-9-6-14(10-17(19)25)12-26-28-20(29)16-11-15(24)7-8-18(16)27-22(28)23(2,3)4/h6-13H,1-5H3/t13-/m0/s1. The number of halogens is 2. The van der Waals surface area contributed by atoms with E-state index in [0.717, 1.165) is 4.47 Å². The minimum absolute atomic E-state index is 0.268. The van der Waals surface area contributed by atoms with E-state index >= 15 is 0 Å². The van der Waals surface area contributed by atoms with E-state index in [1.807, 2.05) is 26.8 Å². The van der Waals surface area contributed by atoms with Gasteiger partial charge in [0, 0.05) is 9.89 Å². The number of benzene rings is 2. The average Bonchev–Trinajstić information content (AvgIpc) is 2.73. The molecule has 0 fully saturated rings. The van der Waals surface area contributed by atoms with Crippen molar-refractivity contribution in [3.05, 3.63) is 67.6 Å². The Bertz CT molecular complexity index is 1260. The van der Waals surface area contributed by atoms with Crippen LogP contribution in [-0.2, 0) is 14.9 Å². The van der Waals surface area contributed by atoms with Crippen molar-refractivity contribution in [2.45, 2.75) is 39.2 Å². The highest BCUT2D eigenvalue weighted by molar-refractivity contribution is 9.10. The normalized spacial score (nSPS) is 12.8. The predicted molar refractivity (Wildman–Crippen MR) is 129 cm³/mol. The molecule has 1 aromatic heterocycles. The van der Waals surface area contributed by atoms with Crippen LogP contribution in [0.15, 0.2) is 50.8 Å². The molecule has 168 valence electrons. The molecule has 0 radical (unpaired) electrons. The van der Waals surface area contributed by atoms with Crippen LogP contribution in [-0.4, -0.2) is 35.1 Å². The summed E-state index contributed by atoms with van der Waals surface area (Å²) in [5, 5.41) is 5.18. The Morgan fingerprint density at radius 1 is 1.25 bits per heavy atom. The monoisotopic (exact) mass is 519 g/mol. The van der Waals surface area contributed by atoms with E-state index in [9.17, 15) is 9.59 Å². The number of rotatable bonds is 5. The molecule has 0 aliphatic heterocycles. The molecule has 0 bridgehead atoms. The number of ether oxygens (including phenoxy) is 2. The van der Waals surface area contributed by atoms with E-state index in [1.165, 1.54) is 18.0 Å². The van der Waals surface area contributed by atoms with E-state index in [4.69, 9.17) is 16.3 Å². The van der Waals surface area contributed by atoms with E-state index in [1.54, 1.807) is 37.3 Å². The summed E-state index contributed by atoms with van der Waals surface area (Å²) in [6.07, 6.45) is 0.731. The van der Waals surface area contributed by atoms with E-state index < -0.39 is 17.5 Å². The van der Waals surface area contributed by atoms with Crippen LogP contribution < -0.4 is 10.3 Å². The number of nitrogens with zero attached hydrogens (tertiary/aromatic N) is 3. The van der Waals surface area contributed by atoms with Crippen molar-refractivity contribution in [1.82, 2.24) is 9.66 Å². The van der Waals surface area contributed by atoms with E-state index in [0.29, 0.717) is 33.1 Å². The number of hydrogen-bond acceptors (Lipinski definition) is 6. The maximum Gasteiger partial charge on any atom is 0.346 e. The van der Waals surface area contributed by atoms with Gasteiger partial charge in [-0.1, -0.05) is 48.3 Å². The van der Waals surface area contributed by atoms with Crippen LogP contribution in [0.2, 0.25) is 5.02 Å². The fraction of sp³-hybridized carbons (Fsp3) is 0.304. The van der Waals surface area contributed by atoms with Crippen LogP contribution in [0.4, 0.5) is 0 Å². The zero-order valence-electron chi connectivity index (χ0n) is 18.3. The molecule has 3 aromatic rings. The molecule has 0 amide bonds. The molecule has 0 saturated heterocycles. The fourth-order valence-corrected chi connectivity index (χ4v) is 3.56. The lowest BCUT2D eigenvalue weighted by Gasteiger charge is -2.20. The minimum Gasteiger partial charge on any atom is -0.477 e. The third-order valence-electron chi connectivity index (χ3n) is 4.59. The van der Waals surface area contributed by atoms with Gasteiger partial charge in [0.2, 0.25) is 0 Å². The summed E-state index contributed by atoms with van der Waals surface area (Å²) in [6, 6.07) is 10.4. The van der Waals surface area contributed by atoms with Crippen LogP contribution >= 0.6 is 27.5 Å². The first-order chi connectivity index (χ1) is 15.0. The predicted octanol–water partition coefficient (Wildman–Crippen LogP) is 4.93. The summed E-state index contributed by atoms with van der Waals surface area (Å²) in [7, 11) is 1.29. The Balaban J connectivity index is 2.01. The molecular weight excluding hydrogens is 498 g/mol. The lowest BCUT2D eigenvalue weighted by molar-refractivity contribution is -0.147. The maximum absolute atomic E-state index is 13.2. The smallest absolute Gasteiger partial charge is 0.346 e. The number of esters is 1. The fourth-order valence-electron chi connectivity index (χ4n) is 2.96. The van der Waals surface area contributed by atoms with Crippen LogP contribution in [0.3, 0.4) is 0 Å². The molecule has 32 heavy (non-hydrogen) atoms. The summed E-state index contributed by atoms with van der Waals surface area (Å²) in [5.41, 5.74) is 0.570. The molecule has 0 aliphatic carbocycles. The van der Waals surface area contributed by atoms with Gasteiger partial charge >= 0.3 is 5.97 Å². The molecule has 2 aromatic carbocycles. The summed E-state index contributed by atoms with van der Waals surface area (Å²) in [5.74, 6) is 0.370. The van der Waals surface area contributed by atoms with Gasteiger partial charge in [-0.15, -0.1) is 0 Å². The van der Waals surface area contributed by atoms with Gasteiger partial charge in [-0.05, 0) is 48.9 Å². The van der Waals surface area contributed by atoms with Crippen molar-refractivity contribution in [3.8, 4) is 5.75 Å². The van der Waals surface area contributed by atoms with E-state index in [-0.39, 0.29) is 5.56 Å². The highest BCUT2D eigenvalue weighted by Gasteiger charge is 2.23. The van der Waals surface area contributed by atoms with Crippen molar-refractivity contribution in [2.24, 2.45) is 5.10 Å². The molecule has 9 heteroatoms. The molecule has 0 saturated carbocycles. The topological polar surface area (TPSA) is 82.8 Å². The van der Waals surface area contributed by atoms with Crippen molar-refractivity contribution in [3.63, 3.8) is 0 Å². The summed E-state index contributed by atoms with van der Waals surface area (Å²) < 4.78 is 12.3. The second-order valence-electron chi connectivity index (χ2n) is 8.18. The molecule has 1 heterocycles. The molecule has 0 N–H and O–H groups in total. The Kier molecular flexibility index (Phi) is 7.05. The Hall–Kier alpha value is -2.71. The Morgan fingerprint density at radius 3 is 2.59 bits per heavy atom. The lowest BCUT2D eigenvalue weighted by atomic mass is 9.95. The zero-order valence-corrected chi connectivity index (χ0v) is 20.7. The van der Waals surface area contributed by atoms with Gasteiger partial charge in [0.25, 0.3) is 5.56 Å². The first-order valence-corrected chi connectivity index (χ1v) is 11.0. The summed E-state index contributed by atoms with van der Waals surface area (Å²) in [4.78, 5) is 29.5. The maximum atomic E-state index is 13.2. The molecule has 1 atom stereocenters. The molecular formula is C23H23BrClN3O4. The number of aromatic nitrogens is 2. The van der Waals surface area contributed by atoms with Gasteiger partial charge in [0.1, 0.15) is 11.6 Å². The molecule has 7 nitrogen and oxygen atoms in total. The molecule has 0 aliphatic rings. The van der Waals surface area contributed by atoms with Crippen molar-refractivity contribution < 1.29 is 14.3 Å². The molecule has 0 unspecified atom stereocenters. The summed E-state index contributed by atoms with van der Waals surface area (Å²) in [6.45, 7) is 7.48. The van der Waals surface area contributed by atoms with Crippen LogP contribution in [0.1, 0.15) is 39.1 Å². The first kappa shape index (κ1) is 23.9. The van der Waals surface area contributed by atoms with Crippen LogP contribution in [0.25, 0.3) is 10.9 Å². The largest absolute Gasteiger partial charge is 0.477 e. The van der Waals surface area contributed by atoms with Gasteiger partial charge in [-0.3, -0.25) is 4.79 Å². The van der Waals surface area contributed by atoms with Gasteiger partial charge < -0.3 is 9.47 Å². The number of carbonyl (C=O) groups excluding carboxylic acids is 1.